The molecular weight excluding hydrogens is 546 g/mol. The number of para-hydroxylation sites is 5. The van der Waals surface area contributed by atoms with Crippen molar-refractivity contribution >= 4 is 98.0 Å². The number of nitrogens with zero attached hydrogens (tertiary/aromatic N) is 3. The lowest BCUT2D eigenvalue weighted by Crippen LogP contribution is -1.92. The molecule has 0 saturated heterocycles. The van der Waals surface area contributed by atoms with Crippen LogP contribution in [0.2, 0.25) is 0 Å². The molecule has 12 aromatic rings. The summed E-state index contributed by atoms with van der Waals surface area (Å²) in [4.78, 5) is 0. The van der Waals surface area contributed by atoms with E-state index in [0.29, 0.717) is 0 Å². The molecule has 206 valence electrons. The predicted molar refractivity (Wildman–Crippen MR) is 190 cm³/mol. The maximum Gasteiger partial charge on any atom is 0.0641 e. The molecule has 0 aliphatic heterocycles. The van der Waals surface area contributed by atoms with Gasteiger partial charge < -0.3 is 13.4 Å². The summed E-state index contributed by atoms with van der Waals surface area (Å²) in [5.74, 6) is 0. The molecule has 5 aromatic heterocycles. The third-order valence-electron chi connectivity index (χ3n) is 10.5. The van der Waals surface area contributed by atoms with E-state index in [1.54, 1.807) is 0 Å². The van der Waals surface area contributed by atoms with Crippen molar-refractivity contribution in [2.45, 2.75) is 0 Å². The lowest BCUT2D eigenvalue weighted by molar-refractivity contribution is 1.18. The van der Waals surface area contributed by atoms with Gasteiger partial charge in [0.05, 0.1) is 44.1 Å². The number of fused-ring (bicyclic) bond motifs is 17. The predicted octanol–water partition coefficient (Wildman–Crippen LogP) is 11.1. The normalized spacial score (nSPS) is 12.9. The standard InChI is InChI=1S/C42H23N3/c1-2-11-24(12-3-1)43-33-19-8-5-14-28(33)38-35(43)22-21-27-26-16-10-17-30-37-36(45(40(26)30)41(27)38)23-31-25-13-4-7-18-32(25)44-34-20-9-6-15-29(34)39(37)42(31)44/h1-23H. The van der Waals surface area contributed by atoms with E-state index in [9.17, 15) is 0 Å². The van der Waals surface area contributed by atoms with Crippen molar-refractivity contribution in [3.63, 3.8) is 0 Å². The van der Waals surface area contributed by atoms with Crippen LogP contribution in [-0.4, -0.2) is 13.4 Å². The summed E-state index contributed by atoms with van der Waals surface area (Å²) in [6, 6.07) is 51.6. The Bertz CT molecular complexity index is 3190. The Hall–Kier alpha value is -6.06. The zero-order valence-electron chi connectivity index (χ0n) is 24.1. The first-order valence-corrected chi connectivity index (χ1v) is 15.6. The number of benzene rings is 7. The SMILES string of the molecule is c1ccc(-n2c3ccccc3c3c2ccc2c4cccc5c6c7c8ccccc8n8c9ccccc9c(cc6n(c45)c23)c78)cc1. The molecule has 0 radical (unpaired) electrons. The van der Waals surface area contributed by atoms with Crippen LogP contribution in [0.5, 0.6) is 0 Å². The summed E-state index contributed by atoms with van der Waals surface area (Å²) in [5, 5.41) is 13.2. The first-order valence-electron chi connectivity index (χ1n) is 15.6. The Morgan fingerprint density at radius 3 is 1.71 bits per heavy atom. The van der Waals surface area contributed by atoms with Crippen molar-refractivity contribution < 1.29 is 0 Å². The maximum absolute atomic E-state index is 2.60. The second kappa shape index (κ2) is 7.53. The molecule has 3 nitrogen and oxygen atoms in total. The Balaban J connectivity index is 1.42. The van der Waals surface area contributed by atoms with Crippen molar-refractivity contribution in [2.24, 2.45) is 0 Å². The lowest BCUT2D eigenvalue weighted by Gasteiger charge is -2.07. The van der Waals surface area contributed by atoms with Crippen LogP contribution in [0.15, 0.2) is 140 Å². The molecule has 7 aromatic carbocycles. The van der Waals surface area contributed by atoms with Gasteiger partial charge in [-0.1, -0.05) is 97.1 Å². The van der Waals surface area contributed by atoms with Crippen LogP contribution >= 0.6 is 0 Å². The first kappa shape index (κ1) is 22.5. The smallest absolute Gasteiger partial charge is 0.0641 e. The summed E-state index contributed by atoms with van der Waals surface area (Å²) >= 11 is 0. The molecule has 0 aliphatic carbocycles. The van der Waals surface area contributed by atoms with Gasteiger partial charge in [0.2, 0.25) is 0 Å². The molecule has 0 spiro atoms. The van der Waals surface area contributed by atoms with Gasteiger partial charge in [-0.25, -0.2) is 0 Å². The quantitative estimate of drug-likeness (QED) is 0.187. The highest BCUT2D eigenvalue weighted by molar-refractivity contribution is 6.39. The lowest BCUT2D eigenvalue weighted by atomic mass is 10.0. The van der Waals surface area contributed by atoms with Gasteiger partial charge in [0.15, 0.2) is 0 Å². The van der Waals surface area contributed by atoms with Gasteiger partial charge in [0.25, 0.3) is 0 Å². The molecule has 5 heterocycles. The molecule has 0 fully saturated rings. The number of hydrogen-bond acceptors (Lipinski definition) is 0. The zero-order valence-corrected chi connectivity index (χ0v) is 24.1. The fourth-order valence-corrected chi connectivity index (χ4v) is 8.86. The molecule has 0 N–H and O–H groups in total. The third-order valence-corrected chi connectivity index (χ3v) is 10.5. The number of hydrogen-bond donors (Lipinski definition) is 0. The van der Waals surface area contributed by atoms with Crippen LogP contribution in [0.3, 0.4) is 0 Å². The molecule has 0 aliphatic rings. The van der Waals surface area contributed by atoms with Crippen LogP contribution in [0.4, 0.5) is 0 Å². The maximum atomic E-state index is 2.60. The van der Waals surface area contributed by atoms with E-state index in [0.717, 1.165) is 0 Å². The largest absolute Gasteiger partial charge is 0.309 e. The van der Waals surface area contributed by atoms with E-state index in [-0.39, 0.29) is 0 Å². The van der Waals surface area contributed by atoms with Gasteiger partial charge in [-0.15, -0.1) is 0 Å². The monoisotopic (exact) mass is 569 g/mol. The summed E-state index contributed by atoms with van der Waals surface area (Å²) in [7, 11) is 0. The molecule has 3 heteroatoms. The molecule has 0 unspecified atom stereocenters. The minimum Gasteiger partial charge on any atom is -0.309 e. The van der Waals surface area contributed by atoms with Gasteiger partial charge in [-0.2, -0.15) is 0 Å². The highest BCUT2D eigenvalue weighted by Gasteiger charge is 2.26. The minimum absolute atomic E-state index is 1.18. The van der Waals surface area contributed by atoms with Crippen LogP contribution in [0, 0.1) is 0 Å². The Labute approximate surface area is 256 Å². The average molecular weight is 570 g/mol. The van der Waals surface area contributed by atoms with E-state index < -0.39 is 0 Å². The van der Waals surface area contributed by atoms with E-state index in [4.69, 9.17) is 0 Å². The highest BCUT2D eigenvalue weighted by atomic mass is 15.0. The molecular formula is C42H23N3. The summed E-state index contributed by atoms with van der Waals surface area (Å²) < 4.78 is 7.52. The van der Waals surface area contributed by atoms with Crippen LogP contribution < -0.4 is 0 Å². The second-order valence-corrected chi connectivity index (χ2v) is 12.5. The van der Waals surface area contributed by atoms with E-state index in [1.165, 1.54) is 104 Å². The zero-order chi connectivity index (χ0) is 29.0. The first-order chi connectivity index (χ1) is 22.4. The molecule has 0 bridgehead atoms. The van der Waals surface area contributed by atoms with Crippen molar-refractivity contribution in [3.8, 4) is 5.69 Å². The number of aromatic nitrogens is 3. The van der Waals surface area contributed by atoms with Crippen molar-refractivity contribution in [2.75, 3.05) is 0 Å². The molecule has 0 atom stereocenters. The fourth-order valence-electron chi connectivity index (χ4n) is 8.86. The third kappa shape index (κ3) is 2.43. The number of rotatable bonds is 1. The van der Waals surface area contributed by atoms with Crippen molar-refractivity contribution in [3.05, 3.63) is 140 Å². The van der Waals surface area contributed by atoms with Crippen LogP contribution in [0.1, 0.15) is 0 Å². The minimum atomic E-state index is 1.18. The van der Waals surface area contributed by atoms with Gasteiger partial charge in [-0.3, -0.25) is 0 Å². The van der Waals surface area contributed by atoms with Gasteiger partial charge >= 0.3 is 0 Å². The van der Waals surface area contributed by atoms with E-state index >= 15 is 0 Å². The summed E-state index contributed by atoms with van der Waals surface area (Å²) in [6.07, 6.45) is 0. The van der Waals surface area contributed by atoms with Gasteiger partial charge in [0.1, 0.15) is 0 Å². The molecule has 0 amide bonds. The second-order valence-electron chi connectivity index (χ2n) is 12.5. The van der Waals surface area contributed by atoms with Crippen molar-refractivity contribution in [1.82, 2.24) is 13.4 Å². The fraction of sp³-hybridized carbons (Fsp3) is 0. The van der Waals surface area contributed by atoms with Gasteiger partial charge in [-0.05, 0) is 42.5 Å². The Kier molecular flexibility index (Phi) is 3.76. The average Bonchev–Trinajstić information content (AvgIpc) is 3.88. The molecule has 45 heavy (non-hydrogen) atoms. The van der Waals surface area contributed by atoms with Gasteiger partial charge in [0, 0.05) is 59.5 Å². The highest BCUT2D eigenvalue weighted by Crippen LogP contribution is 2.49. The van der Waals surface area contributed by atoms with Crippen LogP contribution in [0.25, 0.3) is 104 Å². The van der Waals surface area contributed by atoms with Crippen LogP contribution in [-0.2, 0) is 0 Å². The summed E-state index contributed by atoms with van der Waals surface area (Å²) in [6.45, 7) is 0. The molecule has 12 rings (SSSR count). The van der Waals surface area contributed by atoms with E-state index in [2.05, 4.69) is 153 Å². The van der Waals surface area contributed by atoms with Crippen molar-refractivity contribution in [1.29, 1.82) is 0 Å². The Morgan fingerprint density at radius 1 is 0.289 bits per heavy atom. The molecule has 0 saturated carbocycles. The Morgan fingerprint density at radius 2 is 0.889 bits per heavy atom. The topological polar surface area (TPSA) is 13.8 Å². The summed E-state index contributed by atoms with van der Waals surface area (Å²) in [5.41, 5.74) is 11.4. The van der Waals surface area contributed by atoms with E-state index in [1.807, 2.05) is 0 Å².